The molecule has 7 rings (SSSR count). The molecule has 0 atom stereocenters. The lowest BCUT2D eigenvalue weighted by atomic mass is 9.82. The molecule has 43 heavy (non-hydrogen) atoms. The number of hydrogen-bond acceptors (Lipinski definition) is 8. The predicted octanol–water partition coefficient (Wildman–Crippen LogP) is 4.76. The Kier molecular flexibility index (Phi) is 7.05. The minimum Gasteiger partial charge on any atom is -0.474 e. The van der Waals surface area contributed by atoms with Gasteiger partial charge in [0, 0.05) is 55.1 Å². The van der Waals surface area contributed by atoms with E-state index < -0.39 is 17.4 Å². The second-order valence-corrected chi connectivity index (χ2v) is 12.0. The van der Waals surface area contributed by atoms with Crippen LogP contribution in [0.3, 0.4) is 0 Å². The smallest absolute Gasteiger partial charge is 0.433 e. The van der Waals surface area contributed by atoms with Crippen molar-refractivity contribution in [1.82, 2.24) is 39.5 Å². The van der Waals surface area contributed by atoms with Crippen LogP contribution in [-0.4, -0.2) is 77.8 Å². The summed E-state index contributed by atoms with van der Waals surface area (Å²) in [5.41, 5.74) is 1.69. The van der Waals surface area contributed by atoms with Crippen molar-refractivity contribution >= 4 is 11.0 Å². The molecule has 0 aromatic carbocycles. The highest BCUT2D eigenvalue weighted by atomic mass is 19.4. The van der Waals surface area contributed by atoms with Crippen LogP contribution in [0.4, 0.5) is 13.2 Å². The number of aromatic amines is 1. The van der Waals surface area contributed by atoms with Gasteiger partial charge in [-0.2, -0.15) is 23.5 Å². The van der Waals surface area contributed by atoms with Crippen molar-refractivity contribution in [3.63, 3.8) is 0 Å². The van der Waals surface area contributed by atoms with E-state index in [-0.39, 0.29) is 12.0 Å². The van der Waals surface area contributed by atoms with E-state index in [9.17, 15) is 18.4 Å². The van der Waals surface area contributed by atoms with Crippen molar-refractivity contribution in [1.29, 1.82) is 5.26 Å². The molecule has 0 bridgehead atoms. The first kappa shape index (κ1) is 27.8. The Morgan fingerprint density at radius 3 is 2.65 bits per heavy atom. The summed E-state index contributed by atoms with van der Waals surface area (Å²) in [6, 6.07) is 7.40. The Morgan fingerprint density at radius 2 is 1.93 bits per heavy atom. The molecule has 3 aliphatic rings. The average Bonchev–Trinajstić information content (AvgIpc) is 3.63. The van der Waals surface area contributed by atoms with E-state index >= 15 is 0 Å². The minimum atomic E-state index is -4.52. The Labute approximate surface area is 246 Å². The van der Waals surface area contributed by atoms with Crippen LogP contribution in [0.15, 0.2) is 43.1 Å². The third-order valence-corrected chi connectivity index (χ3v) is 9.05. The lowest BCUT2D eigenvalue weighted by molar-refractivity contribution is -0.141. The van der Waals surface area contributed by atoms with Gasteiger partial charge in [-0.3, -0.25) is 14.5 Å². The van der Waals surface area contributed by atoms with E-state index in [2.05, 4.69) is 40.9 Å². The number of likely N-dealkylation sites (tertiary alicyclic amines) is 2. The van der Waals surface area contributed by atoms with Crippen LogP contribution in [0.2, 0.25) is 0 Å². The molecular formula is C30H32F3N9O. The molecule has 1 aliphatic carbocycles. The molecule has 0 spiro atoms. The maximum atomic E-state index is 13.6. The van der Waals surface area contributed by atoms with Crippen LogP contribution < -0.4 is 4.74 Å². The van der Waals surface area contributed by atoms with Gasteiger partial charge in [0.2, 0.25) is 5.88 Å². The molecule has 3 fully saturated rings. The zero-order chi connectivity index (χ0) is 29.6. The van der Waals surface area contributed by atoms with Gasteiger partial charge in [-0.25, -0.2) is 15.0 Å². The van der Waals surface area contributed by atoms with Crippen molar-refractivity contribution in [2.45, 2.75) is 68.9 Å². The molecule has 224 valence electrons. The molecule has 1 N–H and O–H groups in total. The first-order valence-electron chi connectivity index (χ1n) is 14.7. The van der Waals surface area contributed by atoms with Crippen molar-refractivity contribution in [2.75, 3.05) is 26.2 Å². The number of nitrogens with zero attached hydrogens (tertiary/aromatic N) is 8. The van der Waals surface area contributed by atoms with Crippen LogP contribution in [0.1, 0.15) is 49.8 Å². The third-order valence-electron chi connectivity index (χ3n) is 9.05. The lowest BCUT2D eigenvalue weighted by Crippen LogP contribution is -2.65. The number of pyridine rings is 1. The highest BCUT2D eigenvalue weighted by Crippen LogP contribution is 2.39. The van der Waals surface area contributed by atoms with Gasteiger partial charge >= 0.3 is 6.18 Å². The molecule has 2 saturated heterocycles. The highest BCUT2D eigenvalue weighted by molar-refractivity contribution is 5.90. The van der Waals surface area contributed by atoms with Gasteiger partial charge < -0.3 is 9.72 Å². The van der Waals surface area contributed by atoms with Gasteiger partial charge in [-0.1, -0.05) is 0 Å². The molecule has 2 aliphatic heterocycles. The summed E-state index contributed by atoms with van der Waals surface area (Å²) in [4.78, 5) is 20.1. The largest absolute Gasteiger partial charge is 0.474 e. The summed E-state index contributed by atoms with van der Waals surface area (Å²) in [5, 5.41) is 15.2. The summed E-state index contributed by atoms with van der Waals surface area (Å²) >= 11 is 0. The number of nitrogens with one attached hydrogen (secondary N) is 1. The second kappa shape index (κ2) is 10.9. The molecule has 13 heteroatoms. The van der Waals surface area contributed by atoms with Gasteiger partial charge in [0.15, 0.2) is 0 Å². The van der Waals surface area contributed by atoms with Crippen molar-refractivity contribution in [3.05, 3.63) is 54.4 Å². The van der Waals surface area contributed by atoms with Gasteiger partial charge in [0.05, 0.1) is 24.4 Å². The fourth-order valence-electron chi connectivity index (χ4n) is 6.61. The number of hydrogen-bond donors (Lipinski definition) is 1. The van der Waals surface area contributed by atoms with E-state index in [0.717, 1.165) is 73.6 Å². The first-order chi connectivity index (χ1) is 20.8. The standard InChI is InChI=1S/C30H32F3N9O/c31-30(32,33)25-12-20(15-40-10-1-11-40)13-26(39-25)43-23-4-2-22(3-5-23)41-17-29(18-41,7-8-34)42-16-21(14-38-42)27-24-6-9-35-28(24)37-19-36-27/h6,9,12-14,16,19,22-23H,1-5,7,10-11,15,17-18H2,(H,35,36,37)/t22-,23+. The number of fused-ring (bicyclic) bond motifs is 1. The molecule has 6 heterocycles. The van der Waals surface area contributed by atoms with Crippen molar-refractivity contribution in [2.24, 2.45) is 0 Å². The van der Waals surface area contributed by atoms with Crippen LogP contribution in [0.5, 0.6) is 5.88 Å². The molecule has 1 saturated carbocycles. The van der Waals surface area contributed by atoms with E-state index in [1.165, 1.54) is 6.33 Å². The minimum absolute atomic E-state index is 0.0564. The van der Waals surface area contributed by atoms with Crippen LogP contribution in [-0.2, 0) is 18.3 Å². The van der Waals surface area contributed by atoms with E-state index in [4.69, 9.17) is 4.74 Å². The molecule has 4 aromatic rings. The zero-order valence-electron chi connectivity index (χ0n) is 23.6. The van der Waals surface area contributed by atoms with Crippen LogP contribution in [0.25, 0.3) is 22.3 Å². The number of rotatable bonds is 8. The number of alkyl halides is 3. The summed E-state index contributed by atoms with van der Waals surface area (Å²) in [5.74, 6) is 0.0564. The van der Waals surface area contributed by atoms with Crippen LogP contribution >= 0.6 is 0 Å². The van der Waals surface area contributed by atoms with E-state index in [0.29, 0.717) is 37.7 Å². The van der Waals surface area contributed by atoms with Gasteiger partial charge in [-0.05, 0) is 62.9 Å². The lowest BCUT2D eigenvalue weighted by Gasteiger charge is -2.53. The Morgan fingerprint density at radius 1 is 1.12 bits per heavy atom. The topological polar surface area (TPSA) is 112 Å². The summed E-state index contributed by atoms with van der Waals surface area (Å²) in [7, 11) is 0. The normalized spacial score (nSPS) is 22.6. The fourth-order valence-corrected chi connectivity index (χ4v) is 6.61. The first-order valence-corrected chi connectivity index (χ1v) is 14.7. The Hall–Kier alpha value is -4.02. The number of ether oxygens (including phenoxy) is 1. The van der Waals surface area contributed by atoms with E-state index in [1.54, 1.807) is 12.3 Å². The van der Waals surface area contributed by atoms with Crippen LogP contribution in [0, 0.1) is 11.3 Å². The number of nitriles is 1. The van der Waals surface area contributed by atoms with Gasteiger partial charge in [-0.15, -0.1) is 0 Å². The fraction of sp³-hybridized carbons (Fsp3) is 0.500. The SMILES string of the molecule is N#CCC1(n2cc(-c3ncnc4[nH]ccc34)cn2)CN([C@H]2CC[C@@H](Oc3cc(CN4CCC4)cc(C(F)(F)F)n3)CC2)C1. The Balaban J connectivity index is 0.986. The third kappa shape index (κ3) is 5.45. The highest BCUT2D eigenvalue weighted by Gasteiger charge is 2.48. The quantitative estimate of drug-likeness (QED) is 0.312. The van der Waals surface area contributed by atoms with Crippen molar-refractivity contribution < 1.29 is 17.9 Å². The molecule has 4 aromatic heterocycles. The molecular weight excluding hydrogens is 559 g/mol. The number of halogens is 3. The Bertz CT molecular complexity index is 1640. The number of H-pyrrole nitrogens is 1. The van der Waals surface area contributed by atoms with Gasteiger partial charge in [0.1, 0.15) is 29.3 Å². The summed E-state index contributed by atoms with van der Waals surface area (Å²) in [6.07, 6.45) is 7.02. The number of aromatic nitrogens is 6. The molecule has 0 radical (unpaired) electrons. The summed E-state index contributed by atoms with van der Waals surface area (Å²) < 4.78 is 48.6. The second-order valence-electron chi connectivity index (χ2n) is 12.0. The predicted molar refractivity (Wildman–Crippen MR) is 151 cm³/mol. The summed E-state index contributed by atoms with van der Waals surface area (Å²) in [6.45, 7) is 3.68. The van der Waals surface area contributed by atoms with Gasteiger partial charge in [0.25, 0.3) is 0 Å². The maximum Gasteiger partial charge on any atom is 0.433 e. The molecule has 0 unspecified atom stereocenters. The zero-order valence-corrected chi connectivity index (χ0v) is 23.6. The molecule has 0 amide bonds. The molecule has 10 nitrogen and oxygen atoms in total. The average molecular weight is 592 g/mol. The maximum absolute atomic E-state index is 13.6. The monoisotopic (exact) mass is 591 g/mol. The van der Waals surface area contributed by atoms with E-state index in [1.807, 2.05) is 23.1 Å². The van der Waals surface area contributed by atoms with Crippen molar-refractivity contribution in [3.8, 4) is 23.2 Å².